The molecule has 0 radical (unpaired) electrons. The third-order valence-electron chi connectivity index (χ3n) is 7.87. The molecular weight excluding hydrogens is 486 g/mol. The standard InChI is InChI=1S/C34H55NO4/c1-26(2)10-8-12-28-14-18-30(19-15-28)32(36)38-24-22-35(34(5,6)7)23-25-39-33(37)31-20-16-29(17-21-31)13-9-11-27(3)4/h10-11,14,16,30-31H,8-9,12-13,15,17-25H2,1-7H3. The molecule has 0 aliphatic heterocycles. The minimum absolute atomic E-state index is 0.0291. The fraction of sp³-hybridized carbons (Fsp3) is 0.706. The first-order valence-electron chi connectivity index (χ1n) is 15.2. The Labute approximate surface area is 238 Å². The molecule has 0 spiro atoms. The number of nitrogens with zero attached hydrogens (tertiary/aromatic N) is 1. The topological polar surface area (TPSA) is 55.8 Å². The van der Waals surface area contributed by atoms with Crippen molar-refractivity contribution in [1.82, 2.24) is 4.90 Å². The number of hydrogen-bond acceptors (Lipinski definition) is 5. The summed E-state index contributed by atoms with van der Waals surface area (Å²) in [4.78, 5) is 27.6. The highest BCUT2D eigenvalue weighted by Gasteiger charge is 2.26. The molecule has 39 heavy (non-hydrogen) atoms. The van der Waals surface area contributed by atoms with E-state index < -0.39 is 0 Å². The zero-order chi connectivity index (χ0) is 28.8. The van der Waals surface area contributed by atoms with Gasteiger partial charge in [-0.3, -0.25) is 14.5 Å². The van der Waals surface area contributed by atoms with Gasteiger partial charge in [-0.2, -0.15) is 0 Å². The number of hydrogen-bond donors (Lipinski definition) is 0. The first kappa shape index (κ1) is 33.1. The van der Waals surface area contributed by atoms with Gasteiger partial charge in [-0.1, -0.05) is 46.6 Å². The molecule has 0 saturated heterocycles. The Morgan fingerprint density at radius 3 is 1.51 bits per heavy atom. The first-order valence-corrected chi connectivity index (χ1v) is 15.2. The maximum Gasteiger partial charge on any atom is 0.309 e. The first-order chi connectivity index (χ1) is 18.5. The summed E-state index contributed by atoms with van der Waals surface area (Å²) < 4.78 is 11.4. The van der Waals surface area contributed by atoms with E-state index in [1.807, 2.05) is 0 Å². The van der Waals surface area contributed by atoms with E-state index in [4.69, 9.17) is 9.47 Å². The predicted octanol–water partition coefficient (Wildman–Crippen LogP) is 8.12. The Bertz CT molecular complexity index is 842. The number of esters is 2. The summed E-state index contributed by atoms with van der Waals surface area (Å²) in [7, 11) is 0. The van der Waals surface area contributed by atoms with E-state index in [0.29, 0.717) is 26.3 Å². The lowest BCUT2D eigenvalue weighted by molar-refractivity contribution is -0.150. The number of rotatable bonds is 14. The average Bonchev–Trinajstić information content (AvgIpc) is 2.87. The molecule has 0 heterocycles. The van der Waals surface area contributed by atoms with Gasteiger partial charge in [-0.15, -0.1) is 0 Å². The van der Waals surface area contributed by atoms with Crippen molar-refractivity contribution in [2.45, 2.75) is 118 Å². The predicted molar refractivity (Wildman–Crippen MR) is 161 cm³/mol. The third kappa shape index (κ3) is 13.2. The lowest BCUT2D eigenvalue weighted by Crippen LogP contribution is -2.45. The van der Waals surface area contributed by atoms with Crippen LogP contribution in [0.3, 0.4) is 0 Å². The van der Waals surface area contributed by atoms with E-state index >= 15 is 0 Å². The van der Waals surface area contributed by atoms with E-state index in [9.17, 15) is 9.59 Å². The molecule has 2 aliphatic carbocycles. The van der Waals surface area contributed by atoms with Crippen molar-refractivity contribution in [2.24, 2.45) is 11.8 Å². The molecule has 2 unspecified atom stereocenters. The van der Waals surface area contributed by atoms with Crippen LogP contribution in [0.15, 0.2) is 46.6 Å². The smallest absolute Gasteiger partial charge is 0.309 e. The number of carbonyl (C=O) groups excluding carboxylic acids is 2. The molecule has 2 atom stereocenters. The van der Waals surface area contributed by atoms with Crippen LogP contribution in [0, 0.1) is 11.8 Å². The van der Waals surface area contributed by atoms with Gasteiger partial charge in [0.05, 0.1) is 11.8 Å². The molecule has 5 nitrogen and oxygen atoms in total. The quantitative estimate of drug-likeness (QED) is 0.164. The van der Waals surface area contributed by atoms with E-state index in [1.54, 1.807) is 0 Å². The molecule has 0 N–H and O–H groups in total. The van der Waals surface area contributed by atoms with Gasteiger partial charge in [-0.05, 0) is 113 Å². The van der Waals surface area contributed by atoms with Crippen molar-refractivity contribution in [1.29, 1.82) is 0 Å². The zero-order valence-electron chi connectivity index (χ0n) is 25.9. The SMILES string of the molecule is CC(C)=CCCC1=CCC(C(=O)OCCN(CCOC(=O)C2CC=C(CCC=C(C)C)CC2)C(C)(C)C)CC1. The van der Waals surface area contributed by atoms with Crippen LogP contribution in [0.25, 0.3) is 0 Å². The van der Waals surface area contributed by atoms with Crippen molar-refractivity contribution >= 4 is 11.9 Å². The summed E-state index contributed by atoms with van der Waals surface area (Å²) in [5.74, 6) is -0.224. The van der Waals surface area contributed by atoms with Gasteiger partial charge in [0.25, 0.3) is 0 Å². The lowest BCUT2D eigenvalue weighted by atomic mass is 9.88. The molecule has 0 fully saturated rings. The van der Waals surface area contributed by atoms with Gasteiger partial charge in [0.15, 0.2) is 0 Å². The Kier molecular flexibility index (Phi) is 14.3. The maximum atomic E-state index is 12.7. The van der Waals surface area contributed by atoms with Crippen LogP contribution in [0.1, 0.15) is 113 Å². The molecule has 2 aliphatic rings. The minimum atomic E-state index is -0.111. The molecule has 0 aromatic carbocycles. The van der Waals surface area contributed by atoms with Crippen LogP contribution >= 0.6 is 0 Å². The Balaban J connectivity index is 1.70. The van der Waals surface area contributed by atoms with Gasteiger partial charge >= 0.3 is 11.9 Å². The summed E-state index contributed by atoms with van der Waals surface area (Å²) in [5, 5.41) is 0. The molecule has 0 aromatic heterocycles. The van der Waals surface area contributed by atoms with Crippen LogP contribution in [0.4, 0.5) is 0 Å². The van der Waals surface area contributed by atoms with Gasteiger partial charge in [0, 0.05) is 18.6 Å². The average molecular weight is 542 g/mol. The fourth-order valence-electron chi connectivity index (χ4n) is 5.28. The molecule has 5 heteroatoms. The van der Waals surface area contributed by atoms with Crippen molar-refractivity contribution < 1.29 is 19.1 Å². The largest absolute Gasteiger partial charge is 0.464 e. The Hall–Kier alpha value is -2.14. The second-order valence-electron chi connectivity index (χ2n) is 12.8. The van der Waals surface area contributed by atoms with Crippen molar-refractivity contribution in [3.8, 4) is 0 Å². The molecule has 2 rings (SSSR count). The van der Waals surface area contributed by atoms with E-state index in [-0.39, 0.29) is 29.3 Å². The van der Waals surface area contributed by atoms with Crippen molar-refractivity contribution in [3.63, 3.8) is 0 Å². The summed E-state index contributed by atoms with van der Waals surface area (Å²) in [6.45, 7) is 16.9. The highest BCUT2D eigenvalue weighted by atomic mass is 16.5. The van der Waals surface area contributed by atoms with E-state index in [0.717, 1.165) is 64.2 Å². The number of ether oxygens (including phenoxy) is 2. The monoisotopic (exact) mass is 541 g/mol. The van der Waals surface area contributed by atoms with Crippen LogP contribution in [-0.2, 0) is 19.1 Å². The summed E-state index contributed by atoms with van der Waals surface area (Å²) in [5.41, 5.74) is 5.54. The fourth-order valence-corrected chi connectivity index (χ4v) is 5.28. The lowest BCUT2D eigenvalue weighted by Gasteiger charge is -2.35. The van der Waals surface area contributed by atoms with Crippen LogP contribution in [0.2, 0.25) is 0 Å². The van der Waals surface area contributed by atoms with Crippen molar-refractivity contribution in [3.05, 3.63) is 46.6 Å². The Morgan fingerprint density at radius 2 is 1.21 bits per heavy atom. The number of carbonyl (C=O) groups is 2. The molecule has 0 aromatic rings. The van der Waals surface area contributed by atoms with Crippen molar-refractivity contribution in [2.75, 3.05) is 26.3 Å². The van der Waals surface area contributed by atoms with Crippen LogP contribution in [0.5, 0.6) is 0 Å². The second-order valence-corrected chi connectivity index (χ2v) is 12.8. The third-order valence-corrected chi connectivity index (χ3v) is 7.87. The van der Waals surface area contributed by atoms with Gasteiger partial charge in [-0.25, -0.2) is 0 Å². The van der Waals surface area contributed by atoms with Crippen LogP contribution in [-0.4, -0.2) is 48.7 Å². The van der Waals surface area contributed by atoms with Crippen LogP contribution < -0.4 is 0 Å². The van der Waals surface area contributed by atoms with Gasteiger partial charge in [0.1, 0.15) is 13.2 Å². The molecule has 0 bridgehead atoms. The highest BCUT2D eigenvalue weighted by Crippen LogP contribution is 2.28. The summed E-state index contributed by atoms with van der Waals surface area (Å²) in [6, 6.07) is 0. The summed E-state index contributed by atoms with van der Waals surface area (Å²) in [6.07, 6.45) is 18.7. The zero-order valence-corrected chi connectivity index (χ0v) is 25.9. The number of allylic oxidation sites excluding steroid dienone is 8. The van der Waals surface area contributed by atoms with Gasteiger partial charge in [0.2, 0.25) is 0 Å². The maximum absolute atomic E-state index is 12.7. The molecule has 0 amide bonds. The minimum Gasteiger partial charge on any atom is -0.464 e. The molecular formula is C34H55NO4. The van der Waals surface area contributed by atoms with E-state index in [1.165, 1.54) is 22.3 Å². The Morgan fingerprint density at radius 1 is 0.795 bits per heavy atom. The highest BCUT2D eigenvalue weighted by molar-refractivity contribution is 5.73. The van der Waals surface area contributed by atoms with E-state index in [2.05, 4.69) is 77.7 Å². The van der Waals surface area contributed by atoms with Gasteiger partial charge < -0.3 is 9.47 Å². The molecule has 0 saturated carbocycles. The second kappa shape index (κ2) is 16.8. The normalized spacial score (nSPS) is 19.6. The summed E-state index contributed by atoms with van der Waals surface area (Å²) >= 11 is 0. The molecule has 220 valence electrons.